The van der Waals surface area contributed by atoms with E-state index < -0.39 is 0 Å². The first-order valence-corrected chi connectivity index (χ1v) is 7.87. The van der Waals surface area contributed by atoms with Crippen LogP contribution in [0.3, 0.4) is 0 Å². The number of rotatable bonds is 2. The Morgan fingerprint density at radius 3 is 2.24 bits per heavy atom. The van der Waals surface area contributed by atoms with E-state index in [9.17, 15) is 10.2 Å². The first-order valence-electron chi connectivity index (χ1n) is 7.87. The third-order valence-corrected chi connectivity index (χ3v) is 4.66. The molecular formula is C20H18NO4+. The second-order valence-electron chi connectivity index (χ2n) is 6.02. The molecule has 3 aromatic carbocycles. The predicted molar refractivity (Wildman–Crippen MR) is 96.6 cm³/mol. The number of benzene rings is 3. The number of phenols is 2. The number of phenolic OH excluding ortho intramolecular Hbond substituents is 2. The van der Waals surface area contributed by atoms with Gasteiger partial charge in [-0.3, -0.25) is 0 Å². The van der Waals surface area contributed by atoms with Gasteiger partial charge in [-0.15, -0.1) is 0 Å². The zero-order chi connectivity index (χ0) is 17.7. The summed E-state index contributed by atoms with van der Waals surface area (Å²) in [4.78, 5) is 0. The minimum atomic E-state index is 0.111. The third-order valence-electron chi connectivity index (χ3n) is 4.66. The standard InChI is InChI=1S/C20H17NO4/c1-21-10-15-12(6-7-17(24-2)20(15)23)13-5-4-11-8-16(22)18(25-3)9-14(11)19(13)21/h4-10H,1-3H3,(H,22,23)/p+1. The normalized spacial score (nSPS) is 11.3. The molecule has 0 spiro atoms. The van der Waals surface area contributed by atoms with Crippen molar-refractivity contribution in [1.82, 2.24) is 0 Å². The Kier molecular flexibility index (Phi) is 3.32. The Balaban J connectivity index is 2.21. The molecule has 25 heavy (non-hydrogen) atoms. The molecule has 0 aliphatic carbocycles. The van der Waals surface area contributed by atoms with Gasteiger partial charge in [0.2, 0.25) is 5.52 Å². The summed E-state index contributed by atoms with van der Waals surface area (Å²) >= 11 is 0. The molecule has 0 aliphatic rings. The topological polar surface area (TPSA) is 62.8 Å². The minimum absolute atomic E-state index is 0.111. The van der Waals surface area contributed by atoms with Crippen LogP contribution in [0.1, 0.15) is 0 Å². The first-order chi connectivity index (χ1) is 12.0. The van der Waals surface area contributed by atoms with Gasteiger partial charge in [-0.25, -0.2) is 0 Å². The van der Waals surface area contributed by atoms with Crippen LogP contribution in [0, 0.1) is 0 Å². The van der Waals surface area contributed by atoms with Crippen molar-refractivity contribution in [2.45, 2.75) is 0 Å². The molecule has 2 N–H and O–H groups in total. The Labute approximate surface area is 144 Å². The molecule has 1 aromatic heterocycles. The monoisotopic (exact) mass is 336 g/mol. The molecule has 0 bridgehead atoms. The Bertz CT molecular complexity index is 1150. The van der Waals surface area contributed by atoms with Crippen LogP contribution in [0.2, 0.25) is 0 Å². The number of pyridine rings is 1. The van der Waals surface area contributed by atoms with Crippen LogP contribution in [-0.4, -0.2) is 24.4 Å². The second kappa shape index (κ2) is 5.41. The lowest BCUT2D eigenvalue weighted by Crippen LogP contribution is -2.28. The van der Waals surface area contributed by atoms with Gasteiger partial charge >= 0.3 is 0 Å². The summed E-state index contributed by atoms with van der Waals surface area (Å²) < 4.78 is 12.4. The molecule has 0 atom stereocenters. The maximum Gasteiger partial charge on any atom is 0.220 e. The average Bonchev–Trinajstić information content (AvgIpc) is 2.61. The molecule has 0 amide bonds. The number of methoxy groups -OCH3 is 2. The average molecular weight is 336 g/mol. The van der Waals surface area contributed by atoms with E-state index >= 15 is 0 Å². The lowest BCUT2D eigenvalue weighted by molar-refractivity contribution is -0.642. The molecule has 0 fully saturated rings. The molecule has 0 aliphatic heterocycles. The largest absolute Gasteiger partial charge is 0.504 e. The number of aromatic hydroxyl groups is 2. The van der Waals surface area contributed by atoms with Gasteiger partial charge in [0.1, 0.15) is 7.05 Å². The Morgan fingerprint density at radius 2 is 1.52 bits per heavy atom. The number of nitrogens with zero attached hydrogens (tertiary/aromatic N) is 1. The second-order valence-corrected chi connectivity index (χ2v) is 6.02. The summed E-state index contributed by atoms with van der Waals surface area (Å²) in [6.07, 6.45) is 1.88. The molecule has 0 saturated carbocycles. The van der Waals surface area contributed by atoms with Gasteiger partial charge in [0.15, 0.2) is 29.2 Å². The van der Waals surface area contributed by atoms with E-state index in [0.29, 0.717) is 11.5 Å². The lowest BCUT2D eigenvalue weighted by atomic mass is 10.00. The van der Waals surface area contributed by atoms with Gasteiger partial charge in [0.25, 0.3) is 0 Å². The van der Waals surface area contributed by atoms with Crippen molar-refractivity contribution in [1.29, 1.82) is 0 Å². The summed E-state index contributed by atoms with van der Waals surface area (Å²) in [5.74, 6) is 1.11. The molecule has 126 valence electrons. The van der Waals surface area contributed by atoms with Crippen molar-refractivity contribution in [2.75, 3.05) is 14.2 Å². The quantitative estimate of drug-likeness (QED) is 0.435. The number of ether oxygens (including phenoxy) is 2. The molecule has 0 radical (unpaired) electrons. The van der Waals surface area contributed by atoms with Gasteiger partial charge < -0.3 is 19.7 Å². The van der Waals surface area contributed by atoms with Crippen LogP contribution in [0.5, 0.6) is 23.0 Å². The number of fused-ring (bicyclic) bond motifs is 5. The highest BCUT2D eigenvalue weighted by Gasteiger charge is 2.19. The highest BCUT2D eigenvalue weighted by molar-refractivity contribution is 6.15. The van der Waals surface area contributed by atoms with E-state index in [1.54, 1.807) is 12.1 Å². The number of aromatic nitrogens is 1. The molecule has 4 aromatic rings. The SMILES string of the molecule is COc1cc2c(ccc3c4ccc(OC)c(O)c4c[n+](C)c23)cc1O. The minimum Gasteiger partial charge on any atom is -0.504 e. The Morgan fingerprint density at radius 1 is 0.800 bits per heavy atom. The molecule has 5 heteroatoms. The van der Waals surface area contributed by atoms with Crippen LogP contribution in [0.4, 0.5) is 0 Å². The van der Waals surface area contributed by atoms with E-state index in [-0.39, 0.29) is 11.5 Å². The fourth-order valence-corrected chi connectivity index (χ4v) is 3.46. The van der Waals surface area contributed by atoms with E-state index in [0.717, 1.165) is 32.4 Å². The molecule has 0 saturated heterocycles. The van der Waals surface area contributed by atoms with Crippen molar-refractivity contribution in [3.05, 3.63) is 42.6 Å². The van der Waals surface area contributed by atoms with Crippen molar-refractivity contribution in [2.24, 2.45) is 7.05 Å². The van der Waals surface area contributed by atoms with Crippen LogP contribution in [-0.2, 0) is 7.05 Å². The number of aryl methyl sites for hydroxylation is 1. The van der Waals surface area contributed by atoms with Crippen molar-refractivity contribution >= 4 is 32.4 Å². The van der Waals surface area contributed by atoms with Crippen molar-refractivity contribution in [3.63, 3.8) is 0 Å². The highest BCUT2D eigenvalue weighted by Crippen LogP contribution is 2.39. The maximum absolute atomic E-state index is 10.5. The lowest BCUT2D eigenvalue weighted by Gasteiger charge is -2.10. The predicted octanol–water partition coefficient (Wildman–Crippen LogP) is 3.40. The van der Waals surface area contributed by atoms with Gasteiger partial charge in [0.05, 0.1) is 30.4 Å². The molecule has 1 heterocycles. The molecular weight excluding hydrogens is 318 g/mol. The van der Waals surface area contributed by atoms with Crippen molar-refractivity contribution in [3.8, 4) is 23.0 Å². The van der Waals surface area contributed by atoms with Gasteiger partial charge in [-0.05, 0) is 35.7 Å². The smallest absolute Gasteiger partial charge is 0.220 e. The van der Waals surface area contributed by atoms with E-state index in [2.05, 4.69) is 0 Å². The van der Waals surface area contributed by atoms with Crippen LogP contribution >= 0.6 is 0 Å². The Hall–Kier alpha value is -3.21. The molecule has 5 nitrogen and oxygen atoms in total. The highest BCUT2D eigenvalue weighted by atomic mass is 16.5. The zero-order valence-corrected chi connectivity index (χ0v) is 14.2. The van der Waals surface area contributed by atoms with Gasteiger partial charge in [-0.1, -0.05) is 6.07 Å². The van der Waals surface area contributed by atoms with Gasteiger partial charge in [0, 0.05) is 5.39 Å². The third kappa shape index (κ3) is 2.12. The van der Waals surface area contributed by atoms with Crippen molar-refractivity contribution < 1.29 is 24.3 Å². The summed E-state index contributed by atoms with van der Waals surface area (Å²) in [5, 5.41) is 25.0. The van der Waals surface area contributed by atoms with E-state index in [1.165, 1.54) is 14.2 Å². The fraction of sp³-hybridized carbons (Fsp3) is 0.150. The summed E-state index contributed by atoms with van der Waals surface area (Å²) in [6, 6.07) is 11.2. The number of hydrogen-bond donors (Lipinski definition) is 2. The first kappa shape index (κ1) is 15.3. The maximum atomic E-state index is 10.5. The summed E-state index contributed by atoms with van der Waals surface area (Å²) in [7, 11) is 5.00. The van der Waals surface area contributed by atoms with Crippen LogP contribution in [0.15, 0.2) is 42.6 Å². The number of hydrogen-bond acceptors (Lipinski definition) is 4. The van der Waals surface area contributed by atoms with Crippen LogP contribution in [0.25, 0.3) is 32.4 Å². The fourth-order valence-electron chi connectivity index (χ4n) is 3.46. The van der Waals surface area contributed by atoms with Gasteiger partial charge in [-0.2, -0.15) is 4.57 Å². The molecule has 0 unspecified atom stereocenters. The van der Waals surface area contributed by atoms with Crippen LogP contribution < -0.4 is 14.0 Å². The molecule has 4 rings (SSSR count). The summed E-state index contributed by atoms with van der Waals surface area (Å²) in [6.45, 7) is 0. The zero-order valence-electron chi connectivity index (χ0n) is 14.2. The summed E-state index contributed by atoms with van der Waals surface area (Å²) in [5.41, 5.74) is 0.993. The van der Waals surface area contributed by atoms with E-state index in [1.807, 2.05) is 42.1 Å². The van der Waals surface area contributed by atoms with E-state index in [4.69, 9.17) is 9.47 Å².